The summed E-state index contributed by atoms with van der Waals surface area (Å²) in [7, 11) is 0. The van der Waals surface area contributed by atoms with Gasteiger partial charge in [0.25, 0.3) is 0 Å². The van der Waals surface area contributed by atoms with Crippen LogP contribution in [-0.4, -0.2) is 93.2 Å². The largest absolute Gasteiger partial charge is 0.479 e. The van der Waals surface area contributed by atoms with Crippen LogP contribution >= 0.6 is 0 Å². The van der Waals surface area contributed by atoms with Crippen LogP contribution in [0.5, 0.6) is 0 Å². The molecular formula is C17H34N2O8. The molecule has 0 aliphatic heterocycles. The summed E-state index contributed by atoms with van der Waals surface area (Å²) >= 11 is 0. The molecule has 0 spiro atoms. The normalized spacial score (nSPS) is 17.7. The van der Waals surface area contributed by atoms with Gasteiger partial charge < -0.3 is 41.3 Å². The number of nitrogens with one attached hydrogen (secondary N) is 2. The number of aliphatic hydroxyl groups excluding tert-OH is 4. The maximum absolute atomic E-state index is 10.8. The zero-order valence-electron chi connectivity index (χ0n) is 16.1. The quantitative estimate of drug-likeness (QED) is 0.158. The fourth-order valence-electron chi connectivity index (χ4n) is 2.94. The Labute approximate surface area is 159 Å². The first-order chi connectivity index (χ1) is 12.4. The van der Waals surface area contributed by atoms with E-state index in [1.165, 1.54) is 0 Å². The van der Waals surface area contributed by atoms with Gasteiger partial charge in [-0.3, -0.25) is 0 Å². The smallest absolute Gasteiger partial charge is 0.334 e. The lowest BCUT2D eigenvalue weighted by Gasteiger charge is -2.31. The predicted octanol–water partition coefficient (Wildman–Crippen LogP) is -1.78. The van der Waals surface area contributed by atoms with Crippen LogP contribution < -0.4 is 10.6 Å². The van der Waals surface area contributed by atoms with E-state index in [-0.39, 0.29) is 11.3 Å². The molecule has 5 unspecified atom stereocenters. The highest BCUT2D eigenvalue weighted by atomic mass is 16.4. The molecule has 0 saturated carbocycles. The summed E-state index contributed by atoms with van der Waals surface area (Å²) in [4.78, 5) is 21.6. The third-order valence-electron chi connectivity index (χ3n) is 4.45. The fraction of sp³-hybridized carbons (Fsp3) is 0.882. The van der Waals surface area contributed by atoms with Crippen molar-refractivity contribution in [3.63, 3.8) is 0 Å². The summed E-state index contributed by atoms with van der Waals surface area (Å²) in [5, 5.41) is 60.6. The Morgan fingerprint density at radius 3 is 1.78 bits per heavy atom. The fourth-order valence-corrected chi connectivity index (χ4v) is 2.94. The first-order valence-corrected chi connectivity index (χ1v) is 8.95. The van der Waals surface area contributed by atoms with Gasteiger partial charge in [-0.25, -0.2) is 9.59 Å². The number of carbonyl (C=O) groups is 2. The van der Waals surface area contributed by atoms with Gasteiger partial charge in [0, 0.05) is 6.54 Å². The SMILES string of the molecule is CC(CCNC(CO)C(O)C(=O)O)CC(C)(C)CNC(CO)C(O)C(=O)O. The van der Waals surface area contributed by atoms with Crippen LogP contribution in [0.4, 0.5) is 0 Å². The van der Waals surface area contributed by atoms with Crippen molar-refractivity contribution in [2.75, 3.05) is 26.3 Å². The molecule has 0 saturated heterocycles. The molecule has 8 N–H and O–H groups in total. The Hall–Kier alpha value is -1.30. The van der Waals surface area contributed by atoms with Crippen molar-refractivity contribution in [1.82, 2.24) is 10.6 Å². The van der Waals surface area contributed by atoms with Crippen molar-refractivity contribution in [2.45, 2.75) is 57.9 Å². The summed E-state index contributed by atoms with van der Waals surface area (Å²) in [5.74, 6) is -2.59. The summed E-state index contributed by atoms with van der Waals surface area (Å²) in [6.07, 6.45) is -1.95. The molecule has 0 rings (SSSR count). The van der Waals surface area contributed by atoms with Gasteiger partial charge in [-0.1, -0.05) is 20.8 Å². The third kappa shape index (κ3) is 9.99. The lowest BCUT2D eigenvalue weighted by atomic mass is 9.82. The van der Waals surface area contributed by atoms with Gasteiger partial charge in [-0.05, 0) is 30.7 Å². The Morgan fingerprint density at radius 2 is 1.37 bits per heavy atom. The Morgan fingerprint density at radius 1 is 0.926 bits per heavy atom. The topological polar surface area (TPSA) is 180 Å². The van der Waals surface area contributed by atoms with Crippen LogP contribution in [0.3, 0.4) is 0 Å². The predicted molar refractivity (Wildman–Crippen MR) is 97.2 cm³/mol. The highest BCUT2D eigenvalue weighted by Crippen LogP contribution is 2.26. The van der Waals surface area contributed by atoms with E-state index in [4.69, 9.17) is 15.3 Å². The highest BCUT2D eigenvalue weighted by Gasteiger charge is 2.29. The Bertz CT molecular complexity index is 460. The second-order valence-corrected chi connectivity index (χ2v) is 7.74. The van der Waals surface area contributed by atoms with Gasteiger partial charge in [0.05, 0.1) is 25.3 Å². The van der Waals surface area contributed by atoms with Crippen LogP contribution in [0.15, 0.2) is 0 Å². The van der Waals surface area contributed by atoms with Crippen LogP contribution in [0.2, 0.25) is 0 Å². The van der Waals surface area contributed by atoms with E-state index in [0.717, 1.165) is 6.42 Å². The van der Waals surface area contributed by atoms with Crippen LogP contribution in [0, 0.1) is 11.3 Å². The second-order valence-electron chi connectivity index (χ2n) is 7.74. The molecule has 27 heavy (non-hydrogen) atoms. The number of carboxylic acids is 2. The minimum Gasteiger partial charge on any atom is -0.479 e. The molecular weight excluding hydrogens is 360 g/mol. The van der Waals surface area contributed by atoms with E-state index >= 15 is 0 Å². The molecule has 0 aromatic rings. The number of aliphatic carboxylic acids is 2. The molecule has 0 bridgehead atoms. The molecule has 10 heteroatoms. The molecule has 0 amide bonds. The zero-order chi connectivity index (χ0) is 21.2. The van der Waals surface area contributed by atoms with Gasteiger partial charge in [-0.2, -0.15) is 0 Å². The van der Waals surface area contributed by atoms with Crippen molar-refractivity contribution >= 4 is 11.9 Å². The summed E-state index contributed by atoms with van der Waals surface area (Å²) in [6.45, 7) is 5.74. The average molecular weight is 394 g/mol. The van der Waals surface area contributed by atoms with E-state index in [2.05, 4.69) is 10.6 Å². The van der Waals surface area contributed by atoms with Gasteiger partial charge >= 0.3 is 11.9 Å². The maximum Gasteiger partial charge on any atom is 0.334 e. The molecule has 5 atom stereocenters. The molecule has 0 aromatic heterocycles. The number of hydrogen-bond donors (Lipinski definition) is 8. The van der Waals surface area contributed by atoms with E-state index < -0.39 is 49.4 Å². The van der Waals surface area contributed by atoms with E-state index in [9.17, 15) is 24.9 Å². The molecule has 0 heterocycles. The summed E-state index contributed by atoms with van der Waals surface area (Å²) in [5.41, 5.74) is -0.248. The molecule has 0 fully saturated rings. The Balaban J connectivity index is 4.39. The van der Waals surface area contributed by atoms with Crippen LogP contribution in [-0.2, 0) is 9.59 Å². The number of aliphatic hydroxyl groups is 4. The third-order valence-corrected chi connectivity index (χ3v) is 4.45. The second kappa shape index (κ2) is 12.2. The molecule has 160 valence electrons. The van der Waals surface area contributed by atoms with Crippen LogP contribution in [0.1, 0.15) is 33.6 Å². The molecule has 0 aromatic carbocycles. The van der Waals surface area contributed by atoms with Crippen molar-refractivity contribution in [1.29, 1.82) is 0 Å². The van der Waals surface area contributed by atoms with Gasteiger partial charge in [0.15, 0.2) is 12.2 Å². The molecule has 10 nitrogen and oxygen atoms in total. The summed E-state index contributed by atoms with van der Waals surface area (Å²) in [6, 6.07) is -1.89. The van der Waals surface area contributed by atoms with Crippen molar-refractivity contribution in [2.24, 2.45) is 11.3 Å². The van der Waals surface area contributed by atoms with Crippen LogP contribution in [0.25, 0.3) is 0 Å². The van der Waals surface area contributed by atoms with E-state index in [0.29, 0.717) is 19.5 Å². The zero-order valence-corrected chi connectivity index (χ0v) is 16.1. The minimum atomic E-state index is -1.69. The standard InChI is InChI=1S/C17H34N2O8/c1-10(4-5-18-11(7-20)13(22)15(24)25)6-17(2,3)9-19-12(8-21)14(23)16(26)27/h10-14,18-23H,4-9H2,1-3H3,(H,24,25)(H,26,27). The van der Waals surface area contributed by atoms with E-state index in [1.807, 2.05) is 20.8 Å². The molecule has 0 aliphatic carbocycles. The van der Waals surface area contributed by atoms with Crippen molar-refractivity contribution in [3.05, 3.63) is 0 Å². The maximum atomic E-state index is 10.8. The number of hydrogen-bond acceptors (Lipinski definition) is 8. The van der Waals surface area contributed by atoms with Gasteiger partial charge in [-0.15, -0.1) is 0 Å². The number of rotatable bonds is 15. The number of carboxylic acid groups (broad SMARTS) is 2. The van der Waals surface area contributed by atoms with Gasteiger partial charge in [0.1, 0.15) is 0 Å². The Kier molecular flexibility index (Phi) is 11.6. The molecule has 0 radical (unpaired) electrons. The van der Waals surface area contributed by atoms with E-state index in [1.54, 1.807) is 0 Å². The average Bonchev–Trinajstić information content (AvgIpc) is 2.57. The summed E-state index contributed by atoms with van der Waals surface area (Å²) < 4.78 is 0. The van der Waals surface area contributed by atoms with Crippen molar-refractivity contribution < 1.29 is 40.2 Å². The first-order valence-electron chi connectivity index (χ1n) is 8.95. The lowest BCUT2D eigenvalue weighted by Crippen LogP contribution is -2.49. The molecule has 0 aliphatic rings. The van der Waals surface area contributed by atoms with Crippen molar-refractivity contribution in [3.8, 4) is 0 Å². The minimum absolute atomic E-state index is 0.215. The monoisotopic (exact) mass is 394 g/mol. The van der Waals surface area contributed by atoms with Gasteiger partial charge in [0.2, 0.25) is 0 Å². The highest BCUT2D eigenvalue weighted by molar-refractivity contribution is 5.73. The first kappa shape index (κ1) is 25.7. The lowest BCUT2D eigenvalue weighted by molar-refractivity contribution is -0.149.